The van der Waals surface area contributed by atoms with Gasteiger partial charge < -0.3 is 5.32 Å². The lowest BCUT2D eigenvalue weighted by molar-refractivity contribution is 0.313. The van der Waals surface area contributed by atoms with Crippen molar-refractivity contribution in [3.63, 3.8) is 0 Å². The highest BCUT2D eigenvalue weighted by molar-refractivity contribution is 5.46. The second-order valence-corrected chi connectivity index (χ2v) is 8.26. The Bertz CT molecular complexity index is 422. The van der Waals surface area contributed by atoms with Gasteiger partial charge >= 0.3 is 0 Å². The van der Waals surface area contributed by atoms with Gasteiger partial charge in [0.25, 0.3) is 0 Å². The molecular weight excluding hydrogens is 242 g/mol. The molecule has 112 valence electrons. The lowest BCUT2D eigenvalue weighted by atomic mass is 9.85. The Morgan fingerprint density at radius 3 is 2.25 bits per heavy atom. The molecule has 1 unspecified atom stereocenters. The first-order chi connectivity index (χ1) is 9.26. The largest absolute Gasteiger partial charge is 0.382 e. The Labute approximate surface area is 125 Å². The summed E-state index contributed by atoms with van der Waals surface area (Å²) in [5, 5.41) is 3.74. The second kappa shape index (κ2) is 5.79. The summed E-state index contributed by atoms with van der Waals surface area (Å²) in [6.07, 6.45) is 6.67. The van der Waals surface area contributed by atoms with Crippen LogP contribution in [0.15, 0.2) is 24.3 Å². The highest BCUT2D eigenvalue weighted by Gasteiger charge is 2.24. The third-order valence-corrected chi connectivity index (χ3v) is 4.70. The fourth-order valence-corrected chi connectivity index (χ4v) is 3.11. The van der Waals surface area contributed by atoms with Gasteiger partial charge in [-0.25, -0.2) is 0 Å². The SMILES string of the molecule is CC1(C)CCCC(Nc2ccc(C(C)(C)C)cc2)CC1. The maximum absolute atomic E-state index is 3.74. The topological polar surface area (TPSA) is 12.0 Å². The molecule has 0 amide bonds. The summed E-state index contributed by atoms with van der Waals surface area (Å²) >= 11 is 0. The van der Waals surface area contributed by atoms with Gasteiger partial charge in [0.2, 0.25) is 0 Å². The van der Waals surface area contributed by atoms with E-state index >= 15 is 0 Å². The van der Waals surface area contributed by atoms with E-state index in [2.05, 4.69) is 64.2 Å². The average molecular weight is 273 g/mol. The fourth-order valence-electron chi connectivity index (χ4n) is 3.11. The number of benzene rings is 1. The van der Waals surface area contributed by atoms with Crippen LogP contribution in [0, 0.1) is 5.41 Å². The molecule has 2 rings (SSSR count). The molecule has 1 aliphatic rings. The van der Waals surface area contributed by atoms with Crippen molar-refractivity contribution >= 4 is 5.69 Å². The second-order valence-electron chi connectivity index (χ2n) is 8.26. The molecule has 1 saturated carbocycles. The monoisotopic (exact) mass is 273 g/mol. The molecule has 0 saturated heterocycles. The van der Waals surface area contributed by atoms with Gasteiger partial charge in [0.15, 0.2) is 0 Å². The van der Waals surface area contributed by atoms with Gasteiger partial charge in [-0.3, -0.25) is 0 Å². The Kier molecular flexibility index (Phi) is 4.46. The molecule has 1 nitrogen and oxygen atoms in total. The number of hydrogen-bond acceptors (Lipinski definition) is 1. The molecule has 0 aliphatic heterocycles. The van der Waals surface area contributed by atoms with Crippen molar-refractivity contribution in [3.05, 3.63) is 29.8 Å². The molecule has 20 heavy (non-hydrogen) atoms. The van der Waals surface area contributed by atoms with Crippen molar-refractivity contribution in [3.8, 4) is 0 Å². The molecule has 1 atom stereocenters. The summed E-state index contributed by atoms with van der Waals surface area (Å²) in [5.41, 5.74) is 3.46. The van der Waals surface area contributed by atoms with Crippen molar-refractivity contribution in [1.29, 1.82) is 0 Å². The standard InChI is InChI=1S/C19H31N/c1-18(2,3)15-8-10-17(11-9-15)20-16-7-6-13-19(4,5)14-12-16/h8-11,16,20H,6-7,12-14H2,1-5H3. The third-order valence-electron chi connectivity index (χ3n) is 4.70. The van der Waals surface area contributed by atoms with Crippen LogP contribution in [0.2, 0.25) is 0 Å². The minimum Gasteiger partial charge on any atom is -0.382 e. The third kappa shape index (κ3) is 4.26. The first kappa shape index (κ1) is 15.4. The smallest absolute Gasteiger partial charge is 0.0342 e. The first-order valence-electron chi connectivity index (χ1n) is 8.13. The van der Waals surface area contributed by atoms with Gasteiger partial charge in [0.1, 0.15) is 0 Å². The number of nitrogens with one attached hydrogen (secondary N) is 1. The normalized spacial score (nSPS) is 23.1. The van der Waals surface area contributed by atoms with Gasteiger partial charge in [-0.1, -0.05) is 53.2 Å². The highest BCUT2D eigenvalue weighted by atomic mass is 14.9. The molecule has 0 heterocycles. The summed E-state index contributed by atoms with van der Waals surface area (Å²) in [6, 6.07) is 9.68. The predicted molar refractivity (Wildman–Crippen MR) is 89.4 cm³/mol. The van der Waals surface area contributed by atoms with Crippen LogP contribution in [0.25, 0.3) is 0 Å². The van der Waals surface area contributed by atoms with E-state index in [0.29, 0.717) is 11.5 Å². The quantitative estimate of drug-likeness (QED) is 0.676. The van der Waals surface area contributed by atoms with Gasteiger partial charge in [0, 0.05) is 11.7 Å². The first-order valence-corrected chi connectivity index (χ1v) is 8.13. The molecule has 1 aliphatic carbocycles. The van der Waals surface area contributed by atoms with Gasteiger partial charge in [-0.05, 0) is 54.2 Å². The van der Waals surface area contributed by atoms with E-state index in [1.807, 2.05) is 0 Å². The van der Waals surface area contributed by atoms with Crippen LogP contribution < -0.4 is 5.32 Å². The minimum absolute atomic E-state index is 0.241. The van der Waals surface area contributed by atoms with Crippen molar-refractivity contribution < 1.29 is 0 Å². The van der Waals surface area contributed by atoms with E-state index in [1.54, 1.807) is 0 Å². The summed E-state index contributed by atoms with van der Waals surface area (Å²) in [4.78, 5) is 0. The molecule has 0 bridgehead atoms. The van der Waals surface area contributed by atoms with Crippen LogP contribution in [0.1, 0.15) is 72.3 Å². The van der Waals surface area contributed by atoms with Crippen LogP contribution in [-0.2, 0) is 5.41 Å². The van der Waals surface area contributed by atoms with Crippen LogP contribution in [-0.4, -0.2) is 6.04 Å². The summed E-state index contributed by atoms with van der Waals surface area (Å²) in [7, 11) is 0. The van der Waals surface area contributed by atoms with Gasteiger partial charge in [-0.15, -0.1) is 0 Å². The summed E-state index contributed by atoms with van der Waals surface area (Å²) < 4.78 is 0. The molecule has 0 radical (unpaired) electrons. The number of anilines is 1. The molecular formula is C19H31N. The molecule has 1 heteroatoms. The molecule has 0 aromatic heterocycles. The van der Waals surface area contributed by atoms with Gasteiger partial charge in [-0.2, -0.15) is 0 Å². The molecule has 1 fully saturated rings. The van der Waals surface area contributed by atoms with Crippen LogP contribution in [0.3, 0.4) is 0 Å². The van der Waals surface area contributed by atoms with E-state index in [-0.39, 0.29) is 5.41 Å². The zero-order chi connectivity index (χ0) is 14.8. The van der Waals surface area contributed by atoms with Crippen LogP contribution >= 0.6 is 0 Å². The van der Waals surface area contributed by atoms with Crippen molar-refractivity contribution in [2.75, 3.05) is 5.32 Å². The fraction of sp³-hybridized carbons (Fsp3) is 0.684. The summed E-state index contributed by atoms with van der Waals surface area (Å²) in [5.74, 6) is 0. The molecule has 1 N–H and O–H groups in total. The molecule has 0 spiro atoms. The van der Waals surface area contributed by atoms with E-state index in [9.17, 15) is 0 Å². The zero-order valence-electron chi connectivity index (χ0n) is 13.9. The van der Waals surface area contributed by atoms with Crippen molar-refractivity contribution in [2.45, 2.75) is 78.2 Å². The molecule has 1 aromatic rings. The maximum Gasteiger partial charge on any atom is 0.0342 e. The number of rotatable bonds is 2. The lowest BCUT2D eigenvalue weighted by Crippen LogP contribution is -2.19. The van der Waals surface area contributed by atoms with Gasteiger partial charge in [0.05, 0.1) is 0 Å². The van der Waals surface area contributed by atoms with E-state index in [1.165, 1.54) is 43.4 Å². The Hall–Kier alpha value is -0.980. The van der Waals surface area contributed by atoms with Crippen molar-refractivity contribution in [1.82, 2.24) is 0 Å². The maximum atomic E-state index is 3.74. The van der Waals surface area contributed by atoms with Crippen LogP contribution in [0.4, 0.5) is 5.69 Å². The van der Waals surface area contributed by atoms with Crippen LogP contribution in [0.5, 0.6) is 0 Å². The van der Waals surface area contributed by atoms with Crippen molar-refractivity contribution in [2.24, 2.45) is 5.41 Å². The van der Waals surface area contributed by atoms with E-state index in [4.69, 9.17) is 0 Å². The summed E-state index contributed by atoms with van der Waals surface area (Å²) in [6.45, 7) is 11.6. The van der Waals surface area contributed by atoms with E-state index < -0.39 is 0 Å². The minimum atomic E-state index is 0.241. The molecule has 1 aromatic carbocycles. The zero-order valence-corrected chi connectivity index (χ0v) is 13.9. The number of hydrogen-bond donors (Lipinski definition) is 1. The van der Waals surface area contributed by atoms with E-state index in [0.717, 1.165) is 0 Å². The predicted octanol–water partition coefficient (Wildman–Crippen LogP) is 5.75. The Morgan fingerprint density at radius 2 is 1.65 bits per heavy atom. The Morgan fingerprint density at radius 1 is 1.00 bits per heavy atom. The Balaban J connectivity index is 1.96. The lowest BCUT2D eigenvalue weighted by Gasteiger charge is -2.23. The highest BCUT2D eigenvalue weighted by Crippen LogP contribution is 2.34. The average Bonchev–Trinajstić information content (AvgIpc) is 2.51.